The van der Waals surface area contributed by atoms with Crippen LogP contribution in [0, 0.1) is 0 Å². The summed E-state index contributed by atoms with van der Waals surface area (Å²) in [5.41, 5.74) is 12.1. The number of hydrogen-bond acceptors (Lipinski definition) is 7. The number of rotatable bonds is 8. The molecule has 0 atom stereocenters. The molecule has 0 amide bonds. The minimum Gasteiger partial charge on any atom is -0.497 e. The van der Waals surface area contributed by atoms with E-state index in [0.29, 0.717) is 31.4 Å². The van der Waals surface area contributed by atoms with Crippen molar-refractivity contribution in [3.8, 4) is 28.3 Å². The summed E-state index contributed by atoms with van der Waals surface area (Å²) in [5.74, 6) is 1.55. The quantitative estimate of drug-likeness (QED) is 0.332. The lowest BCUT2D eigenvalue weighted by atomic mass is 9.91. The number of methoxy groups -OCH3 is 2. The summed E-state index contributed by atoms with van der Waals surface area (Å²) in [6.07, 6.45) is 5.69. The lowest BCUT2D eigenvalue weighted by Gasteiger charge is -2.16. The Labute approximate surface area is 187 Å². The topological polar surface area (TPSA) is 113 Å². The lowest BCUT2D eigenvalue weighted by molar-refractivity contribution is 0.208. The van der Waals surface area contributed by atoms with E-state index in [-0.39, 0.29) is 0 Å². The highest BCUT2D eigenvalue weighted by Crippen LogP contribution is 2.39. The molecule has 166 valence electrons. The number of aliphatic imine (C=N–C) groups is 2. The van der Waals surface area contributed by atoms with Crippen molar-refractivity contribution in [2.45, 2.75) is 19.3 Å². The molecule has 0 spiro atoms. The zero-order valence-electron chi connectivity index (χ0n) is 18.6. The Balaban J connectivity index is 1.67. The molecule has 2 heterocycles. The van der Waals surface area contributed by atoms with Crippen LogP contribution in [0.5, 0.6) is 5.75 Å². The minimum absolute atomic E-state index is 0.337. The van der Waals surface area contributed by atoms with E-state index >= 15 is 0 Å². The fraction of sp³-hybridized carbons (Fsp3) is 0.348. The van der Waals surface area contributed by atoms with E-state index in [2.05, 4.69) is 15.0 Å². The standard InChI is InChI=1S/C23H27N7O2/c1-30-22(15-4-7-17(32-3)8-5-15)20-18(29-30)9-6-16-14-26-23(28-21(16)20)27-19(24)10-11-25-12-13-31-2/h4-5,7-8,11,14H,6,9-10,12-13H2,1-3H3,(H2,24,26,27,28). The average Bonchev–Trinajstić information content (AvgIpc) is 3.15. The second-order valence-corrected chi connectivity index (χ2v) is 7.46. The predicted octanol–water partition coefficient (Wildman–Crippen LogP) is 2.75. The molecule has 9 heteroatoms. The molecule has 2 aromatic heterocycles. The van der Waals surface area contributed by atoms with Gasteiger partial charge in [0, 0.05) is 44.1 Å². The van der Waals surface area contributed by atoms with E-state index in [1.807, 2.05) is 42.2 Å². The van der Waals surface area contributed by atoms with Gasteiger partial charge in [-0.25, -0.2) is 9.97 Å². The van der Waals surface area contributed by atoms with Gasteiger partial charge in [0.15, 0.2) is 0 Å². The van der Waals surface area contributed by atoms with Crippen LogP contribution in [0.1, 0.15) is 17.7 Å². The largest absolute Gasteiger partial charge is 0.497 e. The number of nitrogens with two attached hydrogens (primary N) is 1. The number of benzene rings is 1. The number of hydrogen-bond donors (Lipinski definition) is 1. The molecule has 0 saturated heterocycles. The normalized spacial score (nSPS) is 13.3. The summed E-state index contributed by atoms with van der Waals surface area (Å²) in [5, 5.41) is 4.76. The molecule has 0 bridgehead atoms. The van der Waals surface area contributed by atoms with Crippen molar-refractivity contribution in [3.63, 3.8) is 0 Å². The molecule has 0 fully saturated rings. The fourth-order valence-electron chi connectivity index (χ4n) is 3.75. The first-order valence-corrected chi connectivity index (χ1v) is 10.5. The second kappa shape index (κ2) is 9.69. The molecule has 2 N–H and O–H groups in total. The molecule has 4 rings (SSSR count). The maximum atomic E-state index is 6.06. The molecule has 0 aliphatic heterocycles. The van der Waals surface area contributed by atoms with E-state index in [1.165, 1.54) is 0 Å². The molecular weight excluding hydrogens is 406 g/mol. The van der Waals surface area contributed by atoms with Crippen LogP contribution in [0.3, 0.4) is 0 Å². The molecule has 0 saturated carbocycles. The maximum absolute atomic E-state index is 6.06. The maximum Gasteiger partial charge on any atom is 0.251 e. The summed E-state index contributed by atoms with van der Waals surface area (Å²) in [6, 6.07) is 7.96. The van der Waals surface area contributed by atoms with Crippen LogP contribution < -0.4 is 10.5 Å². The van der Waals surface area contributed by atoms with Gasteiger partial charge in [-0.2, -0.15) is 10.1 Å². The number of fused-ring (bicyclic) bond motifs is 3. The van der Waals surface area contributed by atoms with Gasteiger partial charge in [0.1, 0.15) is 11.6 Å². The Kier molecular flexibility index (Phi) is 6.55. The average molecular weight is 434 g/mol. The summed E-state index contributed by atoms with van der Waals surface area (Å²) in [7, 11) is 5.26. The SMILES string of the molecule is COCCN=CCC(N)=Nc1ncc2c(n1)-c1c(nn(C)c1-c1ccc(OC)cc1)CC2. The number of aryl methyl sites for hydroxylation is 3. The van der Waals surface area contributed by atoms with Gasteiger partial charge in [-0.15, -0.1) is 0 Å². The van der Waals surface area contributed by atoms with Gasteiger partial charge in [-0.3, -0.25) is 9.67 Å². The molecule has 0 radical (unpaired) electrons. The van der Waals surface area contributed by atoms with Crippen molar-refractivity contribution in [2.75, 3.05) is 27.4 Å². The van der Waals surface area contributed by atoms with Crippen LogP contribution in [0.15, 0.2) is 40.4 Å². The Hall–Kier alpha value is -3.59. The van der Waals surface area contributed by atoms with Gasteiger partial charge in [0.05, 0.1) is 37.3 Å². The van der Waals surface area contributed by atoms with Crippen LogP contribution in [-0.4, -0.2) is 59.2 Å². The van der Waals surface area contributed by atoms with E-state index in [9.17, 15) is 0 Å². The first kappa shape index (κ1) is 21.6. The van der Waals surface area contributed by atoms with Crippen molar-refractivity contribution in [3.05, 3.63) is 41.7 Å². The molecule has 1 aliphatic rings. The number of aromatic nitrogens is 4. The lowest BCUT2D eigenvalue weighted by Crippen LogP contribution is -2.12. The van der Waals surface area contributed by atoms with Gasteiger partial charge in [-0.1, -0.05) is 0 Å². The summed E-state index contributed by atoms with van der Waals surface area (Å²) >= 11 is 0. The van der Waals surface area contributed by atoms with Gasteiger partial charge >= 0.3 is 0 Å². The highest BCUT2D eigenvalue weighted by molar-refractivity contribution is 5.94. The molecule has 1 aliphatic carbocycles. The van der Waals surface area contributed by atoms with E-state index in [0.717, 1.165) is 52.4 Å². The Morgan fingerprint density at radius 2 is 2.03 bits per heavy atom. The Morgan fingerprint density at radius 1 is 1.22 bits per heavy atom. The first-order valence-electron chi connectivity index (χ1n) is 10.5. The number of amidine groups is 1. The summed E-state index contributed by atoms with van der Waals surface area (Å²) < 4.78 is 12.2. The van der Waals surface area contributed by atoms with Crippen molar-refractivity contribution < 1.29 is 9.47 Å². The van der Waals surface area contributed by atoms with Crippen molar-refractivity contribution in [1.29, 1.82) is 0 Å². The molecule has 32 heavy (non-hydrogen) atoms. The highest BCUT2D eigenvalue weighted by atomic mass is 16.5. The monoisotopic (exact) mass is 433 g/mol. The van der Waals surface area contributed by atoms with E-state index in [4.69, 9.17) is 25.3 Å². The molecule has 1 aromatic carbocycles. The first-order chi connectivity index (χ1) is 15.6. The number of nitrogens with zero attached hydrogens (tertiary/aromatic N) is 6. The molecule has 9 nitrogen and oxygen atoms in total. The third-order valence-electron chi connectivity index (χ3n) is 5.30. The van der Waals surface area contributed by atoms with Crippen LogP contribution in [0.4, 0.5) is 5.95 Å². The third kappa shape index (κ3) is 4.52. The number of ether oxygens (including phenoxy) is 2. The predicted molar refractivity (Wildman–Crippen MR) is 125 cm³/mol. The van der Waals surface area contributed by atoms with E-state index < -0.39 is 0 Å². The van der Waals surface area contributed by atoms with Gasteiger partial charge in [0.25, 0.3) is 5.95 Å². The zero-order chi connectivity index (χ0) is 22.5. The van der Waals surface area contributed by atoms with E-state index in [1.54, 1.807) is 20.4 Å². The summed E-state index contributed by atoms with van der Waals surface area (Å²) in [4.78, 5) is 17.8. The second-order valence-electron chi connectivity index (χ2n) is 7.46. The summed E-state index contributed by atoms with van der Waals surface area (Å²) in [6.45, 7) is 1.17. The highest BCUT2D eigenvalue weighted by Gasteiger charge is 2.27. The van der Waals surface area contributed by atoms with Crippen molar-refractivity contribution >= 4 is 18.0 Å². The van der Waals surface area contributed by atoms with Gasteiger partial charge < -0.3 is 15.2 Å². The molecule has 3 aromatic rings. The minimum atomic E-state index is 0.337. The Morgan fingerprint density at radius 3 is 2.78 bits per heavy atom. The molecule has 0 unspecified atom stereocenters. The zero-order valence-corrected chi connectivity index (χ0v) is 18.6. The van der Waals surface area contributed by atoms with Gasteiger partial charge in [0.2, 0.25) is 0 Å². The van der Waals surface area contributed by atoms with Crippen molar-refractivity contribution in [1.82, 2.24) is 19.7 Å². The van der Waals surface area contributed by atoms with Crippen LogP contribution >= 0.6 is 0 Å². The van der Waals surface area contributed by atoms with Crippen LogP contribution in [-0.2, 0) is 24.6 Å². The smallest absolute Gasteiger partial charge is 0.251 e. The van der Waals surface area contributed by atoms with Crippen LogP contribution in [0.25, 0.3) is 22.5 Å². The molecular formula is C23H27N7O2. The Bertz CT molecular complexity index is 1150. The fourth-order valence-corrected chi connectivity index (χ4v) is 3.75. The van der Waals surface area contributed by atoms with Crippen LogP contribution in [0.2, 0.25) is 0 Å². The third-order valence-corrected chi connectivity index (χ3v) is 5.30. The van der Waals surface area contributed by atoms with Gasteiger partial charge in [-0.05, 0) is 42.7 Å². The van der Waals surface area contributed by atoms with Crippen molar-refractivity contribution in [2.24, 2.45) is 22.8 Å².